The summed E-state index contributed by atoms with van der Waals surface area (Å²) in [5.41, 5.74) is 9.91. The third-order valence-electron chi connectivity index (χ3n) is 2.86. The molecule has 2 nitrogen and oxygen atoms in total. The van der Waals surface area contributed by atoms with Crippen LogP contribution >= 0.6 is 0 Å². The van der Waals surface area contributed by atoms with Gasteiger partial charge in [0.2, 0.25) is 0 Å². The first-order chi connectivity index (χ1) is 6.72. The van der Waals surface area contributed by atoms with Crippen molar-refractivity contribution in [2.24, 2.45) is 5.73 Å². The van der Waals surface area contributed by atoms with Gasteiger partial charge >= 0.3 is 0 Å². The summed E-state index contributed by atoms with van der Waals surface area (Å²) in [6, 6.07) is 4.55. The van der Waals surface area contributed by atoms with Gasteiger partial charge in [-0.15, -0.1) is 0 Å². The number of fused-ring (bicyclic) bond motifs is 1. The molecule has 0 spiro atoms. The third-order valence-corrected chi connectivity index (χ3v) is 2.86. The van der Waals surface area contributed by atoms with Gasteiger partial charge in [0.25, 0.3) is 0 Å². The van der Waals surface area contributed by atoms with Gasteiger partial charge in [-0.1, -0.05) is 6.07 Å². The maximum absolute atomic E-state index is 6.01. The lowest BCUT2D eigenvalue weighted by Crippen LogP contribution is -2.06. The largest absolute Gasteiger partial charge is 0.494 e. The van der Waals surface area contributed by atoms with E-state index >= 15 is 0 Å². The number of hydrogen-bond donors (Lipinski definition) is 1. The van der Waals surface area contributed by atoms with E-state index in [9.17, 15) is 0 Å². The molecule has 0 bridgehead atoms. The van der Waals surface area contributed by atoms with E-state index in [1.54, 1.807) is 0 Å². The van der Waals surface area contributed by atoms with E-state index in [0.717, 1.165) is 25.2 Å². The highest BCUT2D eigenvalue weighted by Gasteiger charge is 2.20. The summed E-state index contributed by atoms with van der Waals surface area (Å²) in [4.78, 5) is 0. The highest BCUT2D eigenvalue weighted by molar-refractivity contribution is 5.45. The molecule has 2 heteroatoms. The fraction of sp³-hybridized carbons (Fsp3) is 0.500. The molecule has 0 saturated carbocycles. The second-order valence-corrected chi connectivity index (χ2v) is 3.89. The molecule has 2 N–H and O–H groups in total. The Morgan fingerprint density at radius 2 is 2.29 bits per heavy atom. The van der Waals surface area contributed by atoms with Crippen LogP contribution in [0.3, 0.4) is 0 Å². The zero-order valence-electron chi connectivity index (χ0n) is 8.84. The lowest BCUT2D eigenvalue weighted by molar-refractivity contribution is 0.337. The van der Waals surface area contributed by atoms with Crippen LogP contribution in [0.4, 0.5) is 0 Å². The SMILES string of the molecule is CCOc1cc2c(cc1C)CC[C@H]2N. The van der Waals surface area contributed by atoms with E-state index in [0.29, 0.717) is 0 Å². The molecule has 2 rings (SSSR count). The summed E-state index contributed by atoms with van der Waals surface area (Å²) in [6.07, 6.45) is 2.19. The molecule has 0 aromatic heterocycles. The van der Waals surface area contributed by atoms with Crippen LogP contribution in [0.25, 0.3) is 0 Å². The number of benzene rings is 1. The standard InChI is InChI=1S/C12H17NO/c1-3-14-12-7-10-9(6-8(12)2)4-5-11(10)13/h6-7,11H,3-5,13H2,1-2H3/t11-/m1/s1. The van der Waals surface area contributed by atoms with Gasteiger partial charge in [-0.05, 0) is 49.4 Å². The fourth-order valence-corrected chi connectivity index (χ4v) is 2.10. The van der Waals surface area contributed by atoms with Crippen LogP contribution < -0.4 is 10.5 Å². The molecule has 14 heavy (non-hydrogen) atoms. The van der Waals surface area contributed by atoms with Crippen molar-refractivity contribution < 1.29 is 4.74 Å². The van der Waals surface area contributed by atoms with Gasteiger partial charge in [0, 0.05) is 6.04 Å². The summed E-state index contributed by atoms with van der Waals surface area (Å²) in [7, 11) is 0. The molecule has 1 aromatic carbocycles. The molecule has 76 valence electrons. The van der Waals surface area contributed by atoms with Crippen LogP contribution in [0.2, 0.25) is 0 Å². The molecule has 1 aliphatic carbocycles. The Labute approximate surface area is 85.1 Å². The predicted molar refractivity (Wildman–Crippen MR) is 57.6 cm³/mol. The van der Waals surface area contributed by atoms with Gasteiger partial charge in [-0.3, -0.25) is 0 Å². The highest BCUT2D eigenvalue weighted by atomic mass is 16.5. The van der Waals surface area contributed by atoms with Crippen LogP contribution in [-0.2, 0) is 6.42 Å². The molecular weight excluding hydrogens is 174 g/mol. The van der Waals surface area contributed by atoms with Crippen LogP contribution in [0.5, 0.6) is 5.75 Å². The van der Waals surface area contributed by atoms with E-state index in [1.165, 1.54) is 16.7 Å². The zero-order valence-corrected chi connectivity index (χ0v) is 8.84. The lowest BCUT2D eigenvalue weighted by atomic mass is 10.0. The average molecular weight is 191 g/mol. The quantitative estimate of drug-likeness (QED) is 0.778. The minimum atomic E-state index is 0.213. The van der Waals surface area contributed by atoms with E-state index in [-0.39, 0.29) is 6.04 Å². The number of nitrogens with two attached hydrogens (primary N) is 1. The maximum atomic E-state index is 6.01. The summed E-state index contributed by atoms with van der Waals surface area (Å²) >= 11 is 0. The number of ether oxygens (including phenoxy) is 1. The van der Waals surface area contributed by atoms with Crippen molar-refractivity contribution in [2.75, 3.05) is 6.61 Å². The second kappa shape index (κ2) is 3.62. The van der Waals surface area contributed by atoms with Gasteiger partial charge in [0.05, 0.1) is 6.61 Å². The zero-order chi connectivity index (χ0) is 10.1. The molecule has 0 amide bonds. The van der Waals surface area contributed by atoms with Crippen molar-refractivity contribution in [3.05, 3.63) is 28.8 Å². The Bertz CT molecular complexity index is 346. The Hall–Kier alpha value is -1.02. The van der Waals surface area contributed by atoms with E-state index in [2.05, 4.69) is 19.1 Å². The van der Waals surface area contributed by atoms with Crippen molar-refractivity contribution in [2.45, 2.75) is 32.7 Å². The number of rotatable bonds is 2. The van der Waals surface area contributed by atoms with Crippen molar-refractivity contribution >= 4 is 0 Å². The molecule has 0 saturated heterocycles. The lowest BCUT2D eigenvalue weighted by Gasteiger charge is -2.11. The molecule has 0 unspecified atom stereocenters. The monoisotopic (exact) mass is 191 g/mol. The molecular formula is C12H17NO. The fourth-order valence-electron chi connectivity index (χ4n) is 2.10. The first kappa shape index (κ1) is 9.53. The Kier molecular flexibility index (Phi) is 2.46. The van der Waals surface area contributed by atoms with Gasteiger partial charge in [0.1, 0.15) is 5.75 Å². The third kappa shape index (κ3) is 1.50. The summed E-state index contributed by atoms with van der Waals surface area (Å²) in [5, 5.41) is 0. The molecule has 0 fully saturated rings. The molecule has 1 aromatic rings. The predicted octanol–water partition coefficient (Wildman–Crippen LogP) is 2.34. The van der Waals surface area contributed by atoms with Crippen molar-refractivity contribution in [1.29, 1.82) is 0 Å². The van der Waals surface area contributed by atoms with Crippen LogP contribution in [0.1, 0.15) is 36.1 Å². The number of hydrogen-bond acceptors (Lipinski definition) is 2. The normalized spacial score (nSPS) is 19.5. The molecule has 0 radical (unpaired) electrons. The minimum absolute atomic E-state index is 0.213. The second-order valence-electron chi connectivity index (χ2n) is 3.89. The van der Waals surface area contributed by atoms with Gasteiger partial charge in [-0.2, -0.15) is 0 Å². The first-order valence-corrected chi connectivity index (χ1v) is 5.24. The summed E-state index contributed by atoms with van der Waals surface area (Å²) < 4.78 is 5.55. The van der Waals surface area contributed by atoms with Crippen LogP contribution in [-0.4, -0.2) is 6.61 Å². The van der Waals surface area contributed by atoms with Crippen LogP contribution in [0, 0.1) is 6.92 Å². The maximum Gasteiger partial charge on any atom is 0.122 e. The molecule has 0 heterocycles. The van der Waals surface area contributed by atoms with Gasteiger partial charge in [0.15, 0.2) is 0 Å². The highest BCUT2D eigenvalue weighted by Crippen LogP contribution is 2.34. The number of aryl methyl sites for hydroxylation is 2. The first-order valence-electron chi connectivity index (χ1n) is 5.24. The van der Waals surface area contributed by atoms with Gasteiger partial charge in [-0.25, -0.2) is 0 Å². The Morgan fingerprint density at radius 3 is 3.00 bits per heavy atom. The Balaban J connectivity index is 2.41. The van der Waals surface area contributed by atoms with Crippen molar-refractivity contribution in [1.82, 2.24) is 0 Å². The van der Waals surface area contributed by atoms with E-state index < -0.39 is 0 Å². The van der Waals surface area contributed by atoms with E-state index in [1.807, 2.05) is 6.92 Å². The Morgan fingerprint density at radius 1 is 1.50 bits per heavy atom. The van der Waals surface area contributed by atoms with E-state index in [4.69, 9.17) is 10.5 Å². The van der Waals surface area contributed by atoms with Gasteiger partial charge < -0.3 is 10.5 Å². The minimum Gasteiger partial charge on any atom is -0.494 e. The topological polar surface area (TPSA) is 35.2 Å². The average Bonchev–Trinajstić information content (AvgIpc) is 2.49. The summed E-state index contributed by atoms with van der Waals surface area (Å²) in [6.45, 7) is 4.82. The molecule has 1 aliphatic rings. The molecule has 1 atom stereocenters. The van der Waals surface area contributed by atoms with Crippen molar-refractivity contribution in [3.8, 4) is 5.75 Å². The van der Waals surface area contributed by atoms with Crippen LogP contribution in [0.15, 0.2) is 12.1 Å². The summed E-state index contributed by atoms with van der Waals surface area (Å²) in [5.74, 6) is 0.989. The molecule has 0 aliphatic heterocycles. The smallest absolute Gasteiger partial charge is 0.122 e. The van der Waals surface area contributed by atoms with Crippen molar-refractivity contribution in [3.63, 3.8) is 0 Å².